The predicted octanol–water partition coefficient (Wildman–Crippen LogP) is 3.39. The molecule has 170 valence electrons. The SMILES string of the molecule is C#Cc1ccccc1C(C(=O)NC(C)C)N(CCC)C(=O)C(C)NC(=O)OC(C)(C)C. The van der Waals surface area contributed by atoms with Crippen molar-refractivity contribution in [3.05, 3.63) is 35.4 Å². The number of carbonyl (C=O) groups excluding carboxylic acids is 3. The molecular weight excluding hydrogens is 394 g/mol. The molecule has 0 fully saturated rings. The number of ether oxygens (including phenoxy) is 1. The Morgan fingerprint density at radius 2 is 1.74 bits per heavy atom. The number of carbonyl (C=O) groups is 3. The van der Waals surface area contributed by atoms with Crippen molar-refractivity contribution in [3.63, 3.8) is 0 Å². The van der Waals surface area contributed by atoms with E-state index in [9.17, 15) is 14.4 Å². The topological polar surface area (TPSA) is 87.7 Å². The van der Waals surface area contributed by atoms with E-state index >= 15 is 0 Å². The molecule has 0 saturated heterocycles. The molecule has 1 aromatic rings. The van der Waals surface area contributed by atoms with Crippen molar-refractivity contribution < 1.29 is 19.1 Å². The Hall–Kier alpha value is -3.01. The van der Waals surface area contributed by atoms with Crippen LogP contribution in [0.3, 0.4) is 0 Å². The maximum atomic E-state index is 13.4. The normalized spacial score (nSPS) is 13.0. The number of terminal acetylenes is 1. The Labute approximate surface area is 185 Å². The average Bonchev–Trinajstić information content (AvgIpc) is 2.65. The molecule has 31 heavy (non-hydrogen) atoms. The van der Waals surface area contributed by atoms with Crippen molar-refractivity contribution in [1.82, 2.24) is 15.5 Å². The van der Waals surface area contributed by atoms with Gasteiger partial charge >= 0.3 is 6.09 Å². The molecule has 0 aromatic heterocycles. The van der Waals surface area contributed by atoms with Gasteiger partial charge in [-0.3, -0.25) is 9.59 Å². The fourth-order valence-electron chi connectivity index (χ4n) is 3.08. The van der Waals surface area contributed by atoms with Crippen LogP contribution in [0, 0.1) is 12.3 Å². The number of alkyl carbamates (subject to hydrolysis) is 1. The summed E-state index contributed by atoms with van der Waals surface area (Å²) >= 11 is 0. The van der Waals surface area contributed by atoms with Gasteiger partial charge in [0.1, 0.15) is 17.7 Å². The number of benzene rings is 1. The van der Waals surface area contributed by atoms with Crippen molar-refractivity contribution in [1.29, 1.82) is 0 Å². The van der Waals surface area contributed by atoms with Crippen LogP contribution in [0.25, 0.3) is 0 Å². The molecule has 0 heterocycles. The summed E-state index contributed by atoms with van der Waals surface area (Å²) in [6, 6.07) is 5.11. The van der Waals surface area contributed by atoms with Crippen molar-refractivity contribution in [3.8, 4) is 12.3 Å². The Bertz CT molecular complexity index is 821. The number of nitrogens with one attached hydrogen (secondary N) is 2. The third-order valence-electron chi connectivity index (χ3n) is 4.25. The summed E-state index contributed by atoms with van der Waals surface area (Å²) in [5.74, 6) is 1.87. The standard InChI is InChI=1S/C24H35N3O4/c1-9-15-27(22(29)17(5)26-23(30)31-24(6,7)8)20(21(28)25-16(3)4)19-14-12-11-13-18(19)10-2/h2,11-14,16-17,20H,9,15H2,1,3-8H3,(H,25,28)(H,26,30). The zero-order valence-electron chi connectivity index (χ0n) is 19.6. The minimum atomic E-state index is -0.926. The molecule has 0 radical (unpaired) electrons. The molecule has 2 unspecified atom stereocenters. The smallest absolute Gasteiger partial charge is 0.408 e. The van der Waals surface area contributed by atoms with Crippen LogP contribution < -0.4 is 10.6 Å². The van der Waals surface area contributed by atoms with Crippen molar-refractivity contribution in [2.45, 2.75) is 78.6 Å². The van der Waals surface area contributed by atoms with E-state index in [1.54, 1.807) is 52.0 Å². The number of hydrogen-bond acceptors (Lipinski definition) is 4. The van der Waals surface area contributed by atoms with Crippen molar-refractivity contribution in [2.75, 3.05) is 6.54 Å². The van der Waals surface area contributed by atoms with E-state index in [4.69, 9.17) is 11.2 Å². The van der Waals surface area contributed by atoms with Gasteiger partial charge in [-0.2, -0.15) is 0 Å². The summed E-state index contributed by atoms with van der Waals surface area (Å²) in [5, 5.41) is 5.45. The van der Waals surface area contributed by atoms with E-state index in [-0.39, 0.29) is 11.9 Å². The molecule has 0 saturated carbocycles. The third kappa shape index (κ3) is 7.97. The maximum absolute atomic E-state index is 13.4. The van der Waals surface area contributed by atoms with Crippen LogP contribution in [0.2, 0.25) is 0 Å². The lowest BCUT2D eigenvalue weighted by Gasteiger charge is -2.34. The van der Waals surface area contributed by atoms with Gasteiger partial charge in [-0.15, -0.1) is 6.42 Å². The van der Waals surface area contributed by atoms with Crippen LogP contribution in [-0.2, 0) is 14.3 Å². The van der Waals surface area contributed by atoms with Gasteiger partial charge in [0, 0.05) is 18.2 Å². The number of amides is 3. The van der Waals surface area contributed by atoms with E-state index in [1.807, 2.05) is 20.8 Å². The minimum Gasteiger partial charge on any atom is -0.444 e. The lowest BCUT2D eigenvalue weighted by Crippen LogP contribution is -2.52. The second-order valence-electron chi connectivity index (χ2n) is 8.70. The first-order valence-electron chi connectivity index (χ1n) is 10.6. The first kappa shape index (κ1) is 26.0. The zero-order valence-corrected chi connectivity index (χ0v) is 19.6. The molecule has 0 spiro atoms. The molecular formula is C24H35N3O4. The Morgan fingerprint density at radius 1 is 1.13 bits per heavy atom. The summed E-state index contributed by atoms with van der Waals surface area (Å²) in [6.45, 7) is 12.7. The molecule has 1 aromatic carbocycles. The Morgan fingerprint density at radius 3 is 2.26 bits per heavy atom. The Balaban J connectivity index is 3.32. The first-order valence-corrected chi connectivity index (χ1v) is 10.6. The lowest BCUT2D eigenvalue weighted by molar-refractivity contribution is -0.142. The quantitative estimate of drug-likeness (QED) is 0.620. The molecule has 7 heteroatoms. The number of rotatable bonds is 8. The molecule has 0 aliphatic rings. The minimum absolute atomic E-state index is 0.121. The van der Waals surface area contributed by atoms with Crippen LogP contribution in [0.5, 0.6) is 0 Å². The molecule has 7 nitrogen and oxygen atoms in total. The molecule has 2 N–H and O–H groups in total. The van der Waals surface area contributed by atoms with E-state index in [0.717, 1.165) is 0 Å². The summed E-state index contributed by atoms with van der Waals surface area (Å²) < 4.78 is 5.25. The maximum Gasteiger partial charge on any atom is 0.408 e. The van der Waals surface area contributed by atoms with Gasteiger partial charge in [-0.05, 0) is 59.6 Å². The molecule has 0 aliphatic carbocycles. The van der Waals surface area contributed by atoms with Gasteiger partial charge in [0.15, 0.2) is 0 Å². The van der Waals surface area contributed by atoms with Crippen molar-refractivity contribution >= 4 is 17.9 Å². The zero-order chi connectivity index (χ0) is 23.8. The second-order valence-corrected chi connectivity index (χ2v) is 8.70. The Kier molecular flexibility index (Phi) is 9.57. The molecule has 0 aliphatic heterocycles. The van der Waals surface area contributed by atoms with Gasteiger partial charge in [0.2, 0.25) is 11.8 Å². The molecule has 2 atom stereocenters. The van der Waals surface area contributed by atoms with Gasteiger partial charge in [-0.1, -0.05) is 31.0 Å². The average molecular weight is 430 g/mol. The second kappa shape index (κ2) is 11.4. The number of hydrogen-bond donors (Lipinski definition) is 2. The van der Waals surface area contributed by atoms with E-state index in [1.165, 1.54) is 4.90 Å². The van der Waals surface area contributed by atoms with Gasteiger partial charge in [-0.25, -0.2) is 4.79 Å². The molecule has 3 amide bonds. The highest BCUT2D eigenvalue weighted by Crippen LogP contribution is 2.26. The van der Waals surface area contributed by atoms with Crippen molar-refractivity contribution in [2.24, 2.45) is 0 Å². The largest absolute Gasteiger partial charge is 0.444 e. The molecule has 1 rings (SSSR count). The fourth-order valence-corrected chi connectivity index (χ4v) is 3.08. The lowest BCUT2D eigenvalue weighted by atomic mass is 9.97. The summed E-state index contributed by atoms with van der Waals surface area (Å²) in [4.78, 5) is 40.2. The fraction of sp³-hybridized carbons (Fsp3) is 0.542. The molecule has 0 bridgehead atoms. The van der Waals surface area contributed by atoms with E-state index in [0.29, 0.717) is 24.1 Å². The summed E-state index contributed by atoms with van der Waals surface area (Å²) in [6.07, 6.45) is 5.59. The highest BCUT2D eigenvalue weighted by molar-refractivity contribution is 5.92. The van der Waals surface area contributed by atoms with E-state index < -0.39 is 29.7 Å². The van der Waals surface area contributed by atoms with Gasteiger partial charge in [0.25, 0.3) is 0 Å². The highest BCUT2D eigenvalue weighted by atomic mass is 16.6. The first-order chi connectivity index (χ1) is 14.4. The van der Waals surface area contributed by atoms with Gasteiger partial charge < -0.3 is 20.3 Å². The van der Waals surface area contributed by atoms with Crippen LogP contribution in [0.1, 0.15) is 72.1 Å². The van der Waals surface area contributed by atoms with Crippen LogP contribution in [-0.4, -0.2) is 47.0 Å². The summed E-state index contributed by atoms with van der Waals surface area (Å²) in [7, 11) is 0. The van der Waals surface area contributed by atoms with Crippen LogP contribution >= 0.6 is 0 Å². The monoisotopic (exact) mass is 429 g/mol. The van der Waals surface area contributed by atoms with Crippen LogP contribution in [0.15, 0.2) is 24.3 Å². The number of nitrogens with zero attached hydrogens (tertiary/aromatic N) is 1. The van der Waals surface area contributed by atoms with Gasteiger partial charge in [0.05, 0.1) is 0 Å². The highest BCUT2D eigenvalue weighted by Gasteiger charge is 2.35. The third-order valence-corrected chi connectivity index (χ3v) is 4.25. The predicted molar refractivity (Wildman–Crippen MR) is 121 cm³/mol. The van der Waals surface area contributed by atoms with Crippen LogP contribution in [0.4, 0.5) is 4.79 Å². The van der Waals surface area contributed by atoms with E-state index in [2.05, 4.69) is 16.6 Å². The summed E-state index contributed by atoms with van der Waals surface area (Å²) in [5.41, 5.74) is 0.406.